The fourth-order valence-electron chi connectivity index (χ4n) is 2.00. The van der Waals surface area contributed by atoms with Gasteiger partial charge in [0.1, 0.15) is 18.6 Å². The van der Waals surface area contributed by atoms with Crippen LogP contribution in [0.5, 0.6) is 5.75 Å². The van der Waals surface area contributed by atoms with Crippen LogP contribution in [0.2, 0.25) is 0 Å². The van der Waals surface area contributed by atoms with Gasteiger partial charge in [-0.25, -0.2) is 0 Å². The van der Waals surface area contributed by atoms with E-state index in [4.69, 9.17) is 4.74 Å². The van der Waals surface area contributed by atoms with Gasteiger partial charge in [0.25, 0.3) is 0 Å². The molecule has 1 aromatic rings. The zero-order chi connectivity index (χ0) is 11.5. The second-order valence-electron chi connectivity index (χ2n) is 4.07. The number of carbonyl (C=O) groups excluding carboxylic acids is 1. The SMILES string of the molecule is CCc1ccc2c(c1)N(C(C)C=O)CCO2. The second kappa shape index (κ2) is 4.56. The number of aryl methyl sites for hydroxylation is 1. The highest BCUT2D eigenvalue weighted by Crippen LogP contribution is 2.33. The number of fused-ring (bicyclic) bond motifs is 1. The van der Waals surface area contributed by atoms with Gasteiger partial charge in [-0.3, -0.25) is 0 Å². The maximum Gasteiger partial charge on any atom is 0.142 e. The van der Waals surface area contributed by atoms with E-state index < -0.39 is 0 Å². The predicted octanol–water partition coefficient (Wildman–Crippen LogP) is 2.04. The van der Waals surface area contributed by atoms with E-state index in [1.165, 1.54) is 5.56 Å². The smallest absolute Gasteiger partial charge is 0.142 e. The predicted molar refractivity (Wildman–Crippen MR) is 64.2 cm³/mol. The number of rotatable bonds is 3. The van der Waals surface area contributed by atoms with Gasteiger partial charge in [-0.1, -0.05) is 13.0 Å². The molecule has 86 valence electrons. The lowest BCUT2D eigenvalue weighted by Gasteiger charge is -2.33. The Kier molecular flexibility index (Phi) is 3.13. The molecule has 0 fully saturated rings. The fraction of sp³-hybridized carbons (Fsp3) is 0.462. The van der Waals surface area contributed by atoms with Crippen LogP contribution >= 0.6 is 0 Å². The van der Waals surface area contributed by atoms with Crippen LogP contribution in [0.1, 0.15) is 19.4 Å². The minimum atomic E-state index is -0.0882. The molecule has 0 aliphatic carbocycles. The molecule has 1 aromatic carbocycles. The van der Waals surface area contributed by atoms with Crippen LogP contribution in [0.25, 0.3) is 0 Å². The zero-order valence-corrected chi connectivity index (χ0v) is 9.77. The summed E-state index contributed by atoms with van der Waals surface area (Å²) in [6.07, 6.45) is 1.98. The molecule has 2 rings (SSSR count). The van der Waals surface area contributed by atoms with Crippen molar-refractivity contribution in [3.8, 4) is 5.75 Å². The van der Waals surface area contributed by atoms with Crippen LogP contribution in [-0.4, -0.2) is 25.5 Å². The highest BCUT2D eigenvalue weighted by atomic mass is 16.5. The normalized spacial score (nSPS) is 16.2. The lowest BCUT2D eigenvalue weighted by atomic mass is 10.1. The number of carbonyl (C=O) groups is 1. The van der Waals surface area contributed by atoms with Gasteiger partial charge in [0.05, 0.1) is 18.3 Å². The van der Waals surface area contributed by atoms with Crippen molar-refractivity contribution >= 4 is 12.0 Å². The van der Waals surface area contributed by atoms with Crippen molar-refractivity contribution in [2.75, 3.05) is 18.1 Å². The average molecular weight is 219 g/mol. The van der Waals surface area contributed by atoms with E-state index in [0.717, 1.165) is 30.7 Å². The summed E-state index contributed by atoms with van der Waals surface area (Å²) in [5, 5.41) is 0. The Balaban J connectivity index is 2.38. The molecule has 3 heteroatoms. The van der Waals surface area contributed by atoms with Crippen LogP contribution < -0.4 is 9.64 Å². The monoisotopic (exact) mass is 219 g/mol. The van der Waals surface area contributed by atoms with Crippen LogP contribution in [0.4, 0.5) is 5.69 Å². The Morgan fingerprint density at radius 3 is 3.06 bits per heavy atom. The molecule has 1 atom stereocenters. The van der Waals surface area contributed by atoms with E-state index in [0.29, 0.717) is 6.61 Å². The van der Waals surface area contributed by atoms with Gasteiger partial charge in [0.2, 0.25) is 0 Å². The third-order valence-electron chi connectivity index (χ3n) is 3.02. The lowest BCUT2D eigenvalue weighted by molar-refractivity contribution is -0.108. The summed E-state index contributed by atoms with van der Waals surface area (Å²) >= 11 is 0. The Morgan fingerprint density at radius 1 is 1.56 bits per heavy atom. The number of benzene rings is 1. The van der Waals surface area contributed by atoms with Crippen LogP contribution in [0.3, 0.4) is 0 Å². The van der Waals surface area contributed by atoms with Crippen molar-refractivity contribution < 1.29 is 9.53 Å². The third kappa shape index (κ3) is 1.90. The van der Waals surface area contributed by atoms with Crippen molar-refractivity contribution in [3.05, 3.63) is 23.8 Å². The first kappa shape index (κ1) is 11.0. The molecule has 0 amide bonds. The Morgan fingerprint density at radius 2 is 2.38 bits per heavy atom. The fourth-order valence-corrected chi connectivity index (χ4v) is 2.00. The lowest BCUT2D eigenvalue weighted by Crippen LogP contribution is -2.40. The topological polar surface area (TPSA) is 29.5 Å². The number of hydrogen-bond donors (Lipinski definition) is 0. The molecule has 0 bridgehead atoms. The summed E-state index contributed by atoms with van der Waals surface area (Å²) in [6.45, 7) is 5.47. The van der Waals surface area contributed by atoms with E-state index in [1.54, 1.807) is 0 Å². The molecule has 1 unspecified atom stereocenters. The van der Waals surface area contributed by atoms with Gasteiger partial charge in [-0.2, -0.15) is 0 Å². The van der Waals surface area contributed by atoms with E-state index in [9.17, 15) is 4.79 Å². The number of anilines is 1. The molecule has 1 aliphatic heterocycles. The third-order valence-corrected chi connectivity index (χ3v) is 3.02. The molecule has 1 heterocycles. The molecule has 0 aromatic heterocycles. The molecular formula is C13H17NO2. The van der Waals surface area contributed by atoms with Gasteiger partial charge >= 0.3 is 0 Å². The average Bonchev–Trinajstić information content (AvgIpc) is 2.36. The van der Waals surface area contributed by atoms with Gasteiger partial charge in [-0.15, -0.1) is 0 Å². The molecule has 0 saturated carbocycles. The first-order chi connectivity index (χ1) is 7.76. The van der Waals surface area contributed by atoms with Gasteiger partial charge in [0.15, 0.2) is 0 Å². The van der Waals surface area contributed by atoms with E-state index >= 15 is 0 Å². The Hall–Kier alpha value is -1.51. The minimum Gasteiger partial charge on any atom is -0.490 e. The van der Waals surface area contributed by atoms with Crippen molar-refractivity contribution in [3.63, 3.8) is 0 Å². The van der Waals surface area contributed by atoms with Crippen molar-refractivity contribution in [2.24, 2.45) is 0 Å². The van der Waals surface area contributed by atoms with Crippen LogP contribution in [0.15, 0.2) is 18.2 Å². The quantitative estimate of drug-likeness (QED) is 0.728. The first-order valence-electron chi connectivity index (χ1n) is 5.74. The molecule has 1 aliphatic rings. The van der Waals surface area contributed by atoms with Crippen LogP contribution in [-0.2, 0) is 11.2 Å². The highest BCUT2D eigenvalue weighted by molar-refractivity contribution is 5.70. The summed E-state index contributed by atoms with van der Waals surface area (Å²) < 4.78 is 5.59. The first-order valence-corrected chi connectivity index (χ1v) is 5.74. The number of hydrogen-bond acceptors (Lipinski definition) is 3. The largest absolute Gasteiger partial charge is 0.490 e. The van der Waals surface area contributed by atoms with Gasteiger partial charge in [-0.05, 0) is 31.0 Å². The highest BCUT2D eigenvalue weighted by Gasteiger charge is 2.22. The Labute approximate surface area is 96.0 Å². The molecule has 0 saturated heterocycles. The Bertz CT molecular complexity index is 390. The molecule has 0 radical (unpaired) electrons. The van der Waals surface area contributed by atoms with Gasteiger partial charge in [0, 0.05) is 0 Å². The van der Waals surface area contributed by atoms with Crippen molar-refractivity contribution in [2.45, 2.75) is 26.3 Å². The molecule has 0 spiro atoms. The minimum absolute atomic E-state index is 0.0882. The summed E-state index contributed by atoms with van der Waals surface area (Å²) in [6, 6.07) is 6.11. The maximum atomic E-state index is 10.9. The standard InChI is InChI=1S/C13H17NO2/c1-3-11-4-5-13-12(8-11)14(6-7-16-13)10(2)9-15/h4-5,8-10H,3,6-7H2,1-2H3. The van der Waals surface area contributed by atoms with Gasteiger partial charge < -0.3 is 14.4 Å². The molecule has 0 N–H and O–H groups in total. The number of aldehydes is 1. The molecule has 16 heavy (non-hydrogen) atoms. The second-order valence-corrected chi connectivity index (χ2v) is 4.07. The van der Waals surface area contributed by atoms with E-state index in [2.05, 4.69) is 24.0 Å². The summed E-state index contributed by atoms with van der Waals surface area (Å²) in [7, 11) is 0. The number of ether oxygens (including phenoxy) is 1. The summed E-state index contributed by atoms with van der Waals surface area (Å²) in [4.78, 5) is 13.0. The zero-order valence-electron chi connectivity index (χ0n) is 9.77. The molecule has 3 nitrogen and oxygen atoms in total. The summed E-state index contributed by atoms with van der Waals surface area (Å²) in [5.41, 5.74) is 2.32. The molecular weight excluding hydrogens is 202 g/mol. The van der Waals surface area contributed by atoms with Crippen LogP contribution in [0, 0.1) is 0 Å². The maximum absolute atomic E-state index is 10.9. The summed E-state index contributed by atoms with van der Waals surface area (Å²) in [5.74, 6) is 0.886. The van der Waals surface area contributed by atoms with E-state index in [1.807, 2.05) is 13.0 Å². The van der Waals surface area contributed by atoms with Crippen molar-refractivity contribution in [1.82, 2.24) is 0 Å². The number of nitrogens with zero attached hydrogens (tertiary/aromatic N) is 1. The van der Waals surface area contributed by atoms with E-state index in [-0.39, 0.29) is 6.04 Å². The van der Waals surface area contributed by atoms with Crippen molar-refractivity contribution in [1.29, 1.82) is 0 Å².